The maximum absolute atomic E-state index is 4.80. The van der Waals surface area contributed by atoms with Gasteiger partial charge in [0.05, 0.1) is 16.7 Å². The van der Waals surface area contributed by atoms with Gasteiger partial charge < -0.3 is 5.32 Å². The molecule has 0 bridgehead atoms. The molecule has 1 aliphatic rings. The van der Waals surface area contributed by atoms with Crippen molar-refractivity contribution < 1.29 is 0 Å². The Morgan fingerprint density at radius 1 is 1.53 bits per heavy atom. The van der Waals surface area contributed by atoms with Crippen LogP contribution in [-0.4, -0.2) is 12.0 Å². The van der Waals surface area contributed by atoms with Gasteiger partial charge in [-0.1, -0.05) is 13.8 Å². The highest BCUT2D eigenvalue weighted by molar-refractivity contribution is 7.11. The van der Waals surface area contributed by atoms with E-state index in [1.165, 1.54) is 34.8 Å². The Morgan fingerprint density at radius 3 is 3.00 bits per heavy atom. The first-order chi connectivity index (χ1) is 7.20. The minimum atomic E-state index is 0.505. The van der Waals surface area contributed by atoms with Crippen molar-refractivity contribution in [1.29, 1.82) is 0 Å². The number of aromatic nitrogens is 1. The number of hydrogen-bond donors (Lipinski definition) is 1. The van der Waals surface area contributed by atoms with Gasteiger partial charge in [-0.05, 0) is 32.2 Å². The van der Waals surface area contributed by atoms with Crippen molar-refractivity contribution in [3.8, 4) is 0 Å². The van der Waals surface area contributed by atoms with E-state index >= 15 is 0 Å². The summed E-state index contributed by atoms with van der Waals surface area (Å²) in [4.78, 5) is 6.32. The second kappa shape index (κ2) is 4.62. The molecule has 2 rings (SSSR count). The van der Waals surface area contributed by atoms with Crippen LogP contribution in [0.3, 0.4) is 0 Å². The van der Waals surface area contributed by atoms with Crippen LogP contribution in [0, 0.1) is 5.92 Å². The summed E-state index contributed by atoms with van der Waals surface area (Å²) in [7, 11) is 2.04. The summed E-state index contributed by atoms with van der Waals surface area (Å²) >= 11 is 1.93. The van der Waals surface area contributed by atoms with Gasteiger partial charge in [0.1, 0.15) is 0 Å². The van der Waals surface area contributed by atoms with Crippen molar-refractivity contribution in [3.63, 3.8) is 0 Å². The number of thiazole rings is 1. The summed E-state index contributed by atoms with van der Waals surface area (Å²) < 4.78 is 0. The normalized spacial score (nSPS) is 20.7. The molecule has 3 heteroatoms. The summed E-state index contributed by atoms with van der Waals surface area (Å²) in [6.07, 6.45) is 4.92. The van der Waals surface area contributed by atoms with Crippen molar-refractivity contribution >= 4 is 11.3 Å². The van der Waals surface area contributed by atoms with Gasteiger partial charge in [-0.3, -0.25) is 0 Å². The third kappa shape index (κ3) is 2.40. The molecule has 1 heterocycles. The van der Waals surface area contributed by atoms with Gasteiger partial charge in [-0.25, -0.2) is 4.98 Å². The fourth-order valence-electron chi connectivity index (χ4n) is 2.19. The summed E-state index contributed by atoms with van der Waals surface area (Å²) in [5, 5.41) is 4.70. The lowest BCUT2D eigenvalue weighted by atomic mass is 9.98. The van der Waals surface area contributed by atoms with E-state index in [0.717, 1.165) is 6.42 Å². The number of nitrogens with zero attached hydrogens (tertiary/aromatic N) is 1. The van der Waals surface area contributed by atoms with Gasteiger partial charge in [0.2, 0.25) is 0 Å². The van der Waals surface area contributed by atoms with E-state index in [1.54, 1.807) is 0 Å². The van der Waals surface area contributed by atoms with Crippen LogP contribution in [0.25, 0.3) is 0 Å². The van der Waals surface area contributed by atoms with Crippen LogP contribution >= 0.6 is 11.3 Å². The van der Waals surface area contributed by atoms with E-state index in [-0.39, 0.29) is 0 Å². The van der Waals surface area contributed by atoms with Crippen LogP contribution in [-0.2, 0) is 12.8 Å². The Hall–Kier alpha value is -0.410. The predicted octanol–water partition coefficient (Wildman–Crippen LogP) is 2.94. The van der Waals surface area contributed by atoms with Crippen LogP contribution in [0.4, 0.5) is 0 Å². The number of fused-ring (bicyclic) bond motifs is 1. The summed E-state index contributed by atoms with van der Waals surface area (Å²) in [5.74, 6) is 0.714. The summed E-state index contributed by atoms with van der Waals surface area (Å²) in [6, 6.07) is 0.505. The highest BCUT2D eigenvalue weighted by atomic mass is 32.1. The zero-order valence-electron chi connectivity index (χ0n) is 9.84. The molecule has 1 aromatic heterocycles. The van der Waals surface area contributed by atoms with Crippen molar-refractivity contribution in [2.75, 3.05) is 7.05 Å². The monoisotopic (exact) mass is 224 g/mol. The molecule has 0 amide bonds. The van der Waals surface area contributed by atoms with E-state index in [2.05, 4.69) is 19.2 Å². The smallest absolute Gasteiger partial charge is 0.0934 e. The molecule has 1 atom stereocenters. The highest BCUT2D eigenvalue weighted by Crippen LogP contribution is 2.33. The second-order valence-electron chi connectivity index (χ2n) is 4.75. The Kier molecular flexibility index (Phi) is 3.42. The molecule has 2 nitrogen and oxygen atoms in total. The minimum absolute atomic E-state index is 0.505. The lowest BCUT2D eigenvalue weighted by Crippen LogP contribution is -2.21. The zero-order valence-corrected chi connectivity index (χ0v) is 10.7. The SMILES string of the molecule is CNC1CCCc2sc(CC(C)C)nc21. The molecule has 1 aromatic rings. The quantitative estimate of drug-likeness (QED) is 0.854. The average molecular weight is 224 g/mol. The Labute approximate surface area is 96.1 Å². The molecule has 0 aliphatic heterocycles. The van der Waals surface area contributed by atoms with Crippen molar-refractivity contribution in [2.45, 2.75) is 45.6 Å². The number of rotatable bonds is 3. The molecule has 1 unspecified atom stereocenters. The first-order valence-corrected chi connectivity index (χ1v) is 6.68. The summed E-state index contributed by atoms with van der Waals surface area (Å²) in [6.45, 7) is 4.52. The molecule has 0 aromatic carbocycles. The van der Waals surface area contributed by atoms with Crippen molar-refractivity contribution in [1.82, 2.24) is 10.3 Å². The molecule has 1 N–H and O–H groups in total. The maximum Gasteiger partial charge on any atom is 0.0934 e. The van der Waals surface area contributed by atoms with E-state index in [4.69, 9.17) is 4.98 Å². The van der Waals surface area contributed by atoms with Crippen molar-refractivity contribution in [2.24, 2.45) is 5.92 Å². The van der Waals surface area contributed by atoms with Gasteiger partial charge in [-0.2, -0.15) is 0 Å². The van der Waals surface area contributed by atoms with Gasteiger partial charge in [0, 0.05) is 11.3 Å². The molecule has 0 radical (unpaired) electrons. The van der Waals surface area contributed by atoms with Crippen LogP contribution in [0.2, 0.25) is 0 Å². The molecule has 0 fully saturated rings. The van der Waals surface area contributed by atoms with Crippen LogP contribution in [0.1, 0.15) is 48.3 Å². The summed E-state index contributed by atoms with van der Waals surface area (Å²) in [5.41, 5.74) is 1.34. The molecule has 15 heavy (non-hydrogen) atoms. The Balaban J connectivity index is 2.21. The van der Waals surface area contributed by atoms with E-state index in [9.17, 15) is 0 Å². The molecule has 0 spiro atoms. The Bertz CT molecular complexity index is 330. The topological polar surface area (TPSA) is 24.9 Å². The van der Waals surface area contributed by atoms with Gasteiger partial charge in [0.25, 0.3) is 0 Å². The molecule has 0 saturated carbocycles. The van der Waals surface area contributed by atoms with Crippen molar-refractivity contribution in [3.05, 3.63) is 15.6 Å². The predicted molar refractivity (Wildman–Crippen MR) is 65.4 cm³/mol. The van der Waals surface area contributed by atoms with E-state index < -0.39 is 0 Å². The number of hydrogen-bond acceptors (Lipinski definition) is 3. The van der Waals surface area contributed by atoms with Gasteiger partial charge in [-0.15, -0.1) is 11.3 Å². The van der Waals surface area contributed by atoms with E-state index in [1.807, 2.05) is 18.4 Å². The highest BCUT2D eigenvalue weighted by Gasteiger charge is 2.23. The standard InChI is InChI=1S/C12H20N2S/c1-8(2)7-11-14-12-9(13-3)5-4-6-10(12)15-11/h8-9,13H,4-7H2,1-3H3. The molecular weight excluding hydrogens is 204 g/mol. The third-order valence-electron chi connectivity index (χ3n) is 2.93. The molecule has 0 saturated heterocycles. The zero-order chi connectivity index (χ0) is 10.8. The van der Waals surface area contributed by atoms with Gasteiger partial charge in [0.15, 0.2) is 0 Å². The Morgan fingerprint density at radius 2 is 2.33 bits per heavy atom. The minimum Gasteiger partial charge on any atom is -0.312 e. The average Bonchev–Trinajstić information content (AvgIpc) is 2.58. The first-order valence-electron chi connectivity index (χ1n) is 5.86. The lowest BCUT2D eigenvalue weighted by molar-refractivity contribution is 0.488. The molecule has 1 aliphatic carbocycles. The fraction of sp³-hybridized carbons (Fsp3) is 0.750. The lowest BCUT2D eigenvalue weighted by Gasteiger charge is -2.19. The maximum atomic E-state index is 4.80. The van der Waals surface area contributed by atoms with Crippen LogP contribution < -0.4 is 5.32 Å². The first kappa shape index (κ1) is 11.1. The number of aryl methyl sites for hydroxylation is 1. The molecule has 84 valence electrons. The van der Waals surface area contributed by atoms with Gasteiger partial charge >= 0.3 is 0 Å². The third-order valence-corrected chi connectivity index (χ3v) is 4.08. The fourth-order valence-corrected chi connectivity index (χ4v) is 3.57. The van der Waals surface area contributed by atoms with E-state index in [0.29, 0.717) is 12.0 Å². The van der Waals surface area contributed by atoms with Crippen LogP contribution in [0.5, 0.6) is 0 Å². The largest absolute Gasteiger partial charge is 0.312 e. The van der Waals surface area contributed by atoms with Crippen LogP contribution in [0.15, 0.2) is 0 Å². The second-order valence-corrected chi connectivity index (χ2v) is 5.92. The number of nitrogens with one attached hydrogen (secondary N) is 1. The molecular formula is C12H20N2S.